The largest absolute Gasteiger partial charge is 0.503 e. The van der Waals surface area contributed by atoms with Crippen LogP contribution in [0.15, 0.2) is 11.8 Å². The number of hydrogen-bond acceptors (Lipinski definition) is 3. The lowest BCUT2D eigenvalue weighted by Crippen LogP contribution is -2.14. The summed E-state index contributed by atoms with van der Waals surface area (Å²) < 4.78 is 0. The van der Waals surface area contributed by atoms with Crippen LogP contribution in [0, 0.1) is 0 Å². The fourth-order valence-electron chi connectivity index (χ4n) is 0.264. The summed E-state index contributed by atoms with van der Waals surface area (Å²) in [6, 6.07) is 0. The quantitative estimate of drug-likeness (QED) is 0.389. The minimum Gasteiger partial charge on any atom is -0.503 e. The molecule has 0 atom stereocenters. The van der Waals surface area contributed by atoms with E-state index >= 15 is 0 Å². The van der Waals surface area contributed by atoms with Crippen LogP contribution in [0.25, 0.3) is 0 Å². The number of nitrogens with two attached hydrogens (primary N) is 1. The zero-order valence-electron chi connectivity index (χ0n) is 4.92. The third-order valence-corrected chi connectivity index (χ3v) is 0.592. The van der Waals surface area contributed by atoms with E-state index in [-0.39, 0.29) is 0 Å². The molecule has 0 rings (SSSR count). The summed E-state index contributed by atoms with van der Waals surface area (Å²) in [5.74, 6) is -2.11. The second kappa shape index (κ2) is 2.86. The Morgan fingerprint density at radius 2 is 2.00 bits per heavy atom. The lowest BCUT2D eigenvalue weighted by atomic mass is 10.3. The Morgan fingerprint density at radius 1 is 1.56 bits per heavy atom. The Labute approximate surface area is 52.0 Å². The Balaban J connectivity index is 4.17. The number of carbonyl (C=O) groups excluding carboxylic acids is 2. The topological polar surface area (TPSA) is 80.4 Å². The van der Waals surface area contributed by atoms with E-state index in [1.165, 1.54) is 6.92 Å². The zero-order valence-corrected chi connectivity index (χ0v) is 4.92. The first kappa shape index (κ1) is 7.68. The molecule has 0 spiro atoms. The normalized spacial score (nSPS) is 11.0. The van der Waals surface area contributed by atoms with Crippen LogP contribution in [0.3, 0.4) is 0 Å². The van der Waals surface area contributed by atoms with Crippen LogP contribution in [0.5, 0.6) is 0 Å². The van der Waals surface area contributed by atoms with Gasteiger partial charge in [0.15, 0.2) is 11.5 Å². The van der Waals surface area contributed by atoms with Gasteiger partial charge in [0, 0.05) is 6.08 Å². The summed E-state index contributed by atoms with van der Waals surface area (Å²) in [7, 11) is 0. The maximum Gasteiger partial charge on any atom is 0.283 e. The summed E-state index contributed by atoms with van der Waals surface area (Å²) in [6.07, 6.45) is 0.766. The summed E-state index contributed by atoms with van der Waals surface area (Å²) in [5, 5.41) is 8.46. The summed E-state index contributed by atoms with van der Waals surface area (Å²) in [5.41, 5.74) is 4.57. The van der Waals surface area contributed by atoms with E-state index < -0.39 is 17.4 Å². The number of amides is 1. The van der Waals surface area contributed by atoms with E-state index in [9.17, 15) is 9.59 Å². The molecule has 0 aromatic carbocycles. The van der Waals surface area contributed by atoms with E-state index in [0.29, 0.717) is 0 Å². The fourth-order valence-corrected chi connectivity index (χ4v) is 0.264. The van der Waals surface area contributed by atoms with Crippen LogP contribution in [0.4, 0.5) is 0 Å². The van der Waals surface area contributed by atoms with Gasteiger partial charge in [0.2, 0.25) is 0 Å². The molecule has 0 radical (unpaired) electrons. The Bertz CT molecular complexity index is 171. The van der Waals surface area contributed by atoms with Crippen molar-refractivity contribution < 1.29 is 14.7 Å². The van der Waals surface area contributed by atoms with Crippen molar-refractivity contribution in [2.75, 3.05) is 0 Å². The van der Waals surface area contributed by atoms with E-state index in [4.69, 9.17) is 5.11 Å². The van der Waals surface area contributed by atoms with Crippen molar-refractivity contribution in [1.29, 1.82) is 0 Å². The van der Waals surface area contributed by atoms with Crippen LogP contribution >= 0.6 is 0 Å². The third kappa shape index (κ3) is 3.28. The lowest BCUT2D eigenvalue weighted by Gasteiger charge is -1.87. The predicted octanol–water partition coefficient (Wildman–Crippen LogP) is -0.497. The summed E-state index contributed by atoms with van der Waals surface area (Å²) in [6.45, 7) is 1.21. The number of hydrogen-bond donors (Lipinski definition) is 2. The van der Waals surface area contributed by atoms with Gasteiger partial charge >= 0.3 is 0 Å². The monoisotopic (exact) mass is 129 g/mol. The van der Waals surface area contributed by atoms with Crippen molar-refractivity contribution in [2.45, 2.75) is 6.92 Å². The van der Waals surface area contributed by atoms with Gasteiger partial charge in [-0.05, 0) is 6.92 Å². The molecule has 3 N–H and O–H groups in total. The van der Waals surface area contributed by atoms with Crippen molar-refractivity contribution in [1.82, 2.24) is 0 Å². The van der Waals surface area contributed by atoms with Gasteiger partial charge in [-0.1, -0.05) is 0 Å². The lowest BCUT2D eigenvalue weighted by molar-refractivity contribution is -0.118. The van der Waals surface area contributed by atoms with Gasteiger partial charge < -0.3 is 10.8 Å². The van der Waals surface area contributed by atoms with Crippen LogP contribution in [-0.2, 0) is 9.59 Å². The highest BCUT2D eigenvalue weighted by Gasteiger charge is 2.00. The number of aliphatic hydroxyl groups is 1. The van der Waals surface area contributed by atoms with Crippen molar-refractivity contribution in [3.05, 3.63) is 11.8 Å². The fraction of sp³-hybridized carbons (Fsp3) is 0.200. The molecule has 4 nitrogen and oxygen atoms in total. The van der Waals surface area contributed by atoms with Gasteiger partial charge in [-0.25, -0.2) is 0 Å². The first-order chi connectivity index (χ1) is 4.04. The molecule has 0 aromatic rings. The van der Waals surface area contributed by atoms with E-state index in [0.717, 1.165) is 6.08 Å². The number of primary amides is 1. The number of carbonyl (C=O) groups is 2. The maximum absolute atomic E-state index is 10.1. The standard InChI is InChI=1S/C5H7NO3/c1-3(7)2-4(8)5(6)9/h2,8H,1H3,(H2,6,9)/b4-2-. The predicted molar refractivity (Wildman–Crippen MR) is 30.6 cm³/mol. The first-order valence-electron chi connectivity index (χ1n) is 2.25. The number of ketones is 1. The Morgan fingerprint density at radius 3 is 2.11 bits per heavy atom. The minimum absolute atomic E-state index is 0.411. The van der Waals surface area contributed by atoms with E-state index in [1.54, 1.807) is 0 Å². The first-order valence-corrected chi connectivity index (χ1v) is 2.25. The van der Waals surface area contributed by atoms with Crippen LogP contribution < -0.4 is 5.73 Å². The van der Waals surface area contributed by atoms with Crippen LogP contribution in [0.2, 0.25) is 0 Å². The molecule has 9 heavy (non-hydrogen) atoms. The molecule has 0 aromatic heterocycles. The van der Waals surface area contributed by atoms with Crippen molar-refractivity contribution in [2.24, 2.45) is 5.73 Å². The van der Waals surface area contributed by atoms with Crippen LogP contribution in [0.1, 0.15) is 6.92 Å². The molecule has 0 aliphatic carbocycles. The van der Waals surface area contributed by atoms with Crippen molar-refractivity contribution >= 4 is 11.7 Å². The second-order valence-corrected chi connectivity index (χ2v) is 1.50. The molecule has 50 valence electrons. The smallest absolute Gasteiger partial charge is 0.283 e. The van der Waals surface area contributed by atoms with Crippen molar-refractivity contribution in [3.8, 4) is 0 Å². The van der Waals surface area contributed by atoms with Gasteiger partial charge in [0.25, 0.3) is 5.91 Å². The van der Waals surface area contributed by atoms with E-state index in [1.807, 2.05) is 0 Å². The van der Waals surface area contributed by atoms with Gasteiger partial charge in [-0.2, -0.15) is 0 Å². The van der Waals surface area contributed by atoms with Gasteiger partial charge in [-0.3, -0.25) is 9.59 Å². The summed E-state index contributed by atoms with van der Waals surface area (Å²) in [4.78, 5) is 20.1. The molecule has 0 aliphatic heterocycles. The highest BCUT2D eigenvalue weighted by molar-refractivity contribution is 5.98. The minimum atomic E-state index is -0.995. The maximum atomic E-state index is 10.1. The van der Waals surface area contributed by atoms with Gasteiger partial charge in [0.05, 0.1) is 0 Å². The average molecular weight is 129 g/mol. The highest BCUT2D eigenvalue weighted by Crippen LogP contribution is 1.84. The Kier molecular flexibility index (Phi) is 2.44. The van der Waals surface area contributed by atoms with E-state index in [2.05, 4.69) is 5.73 Å². The molecule has 1 amide bonds. The molecule has 0 saturated carbocycles. The Hall–Kier alpha value is -1.32. The highest BCUT2D eigenvalue weighted by atomic mass is 16.3. The summed E-state index contributed by atoms with van der Waals surface area (Å²) >= 11 is 0. The van der Waals surface area contributed by atoms with Gasteiger partial charge in [-0.15, -0.1) is 0 Å². The molecule has 4 heteroatoms. The van der Waals surface area contributed by atoms with Gasteiger partial charge in [0.1, 0.15) is 0 Å². The molecule has 0 fully saturated rings. The second-order valence-electron chi connectivity index (χ2n) is 1.50. The average Bonchev–Trinajstić information content (AvgIpc) is 1.63. The van der Waals surface area contributed by atoms with Crippen LogP contribution in [-0.4, -0.2) is 16.8 Å². The third-order valence-electron chi connectivity index (χ3n) is 0.592. The number of rotatable bonds is 2. The molecular weight excluding hydrogens is 122 g/mol. The molecular formula is C5H7NO3. The molecule has 0 unspecified atom stereocenters. The molecule has 0 heterocycles. The number of aliphatic hydroxyl groups excluding tert-OH is 1. The molecule has 0 bridgehead atoms. The zero-order chi connectivity index (χ0) is 7.44. The SMILES string of the molecule is CC(=O)/C=C(\O)C(N)=O. The van der Waals surface area contributed by atoms with Crippen molar-refractivity contribution in [3.63, 3.8) is 0 Å². The molecule has 0 aliphatic rings. The molecule has 0 saturated heterocycles. The number of allylic oxidation sites excluding steroid dienone is 1.